The van der Waals surface area contributed by atoms with E-state index in [0.717, 1.165) is 31.6 Å². The number of amides is 2. The molecule has 1 fully saturated rings. The van der Waals surface area contributed by atoms with Crippen molar-refractivity contribution in [1.29, 1.82) is 0 Å². The van der Waals surface area contributed by atoms with Crippen LogP contribution in [0.5, 0.6) is 0 Å². The van der Waals surface area contributed by atoms with E-state index in [1.165, 1.54) is 6.20 Å². The van der Waals surface area contributed by atoms with Crippen molar-refractivity contribution >= 4 is 23.4 Å². The maximum absolute atomic E-state index is 12.6. The molecule has 4 rings (SSSR count). The van der Waals surface area contributed by atoms with E-state index in [1.807, 2.05) is 9.58 Å². The second-order valence-electron chi connectivity index (χ2n) is 6.34. The van der Waals surface area contributed by atoms with Crippen LogP contribution in [0.15, 0.2) is 24.4 Å². The Labute approximate surface area is 150 Å². The van der Waals surface area contributed by atoms with Gasteiger partial charge in [-0.1, -0.05) is 11.6 Å². The lowest BCUT2D eigenvalue weighted by Crippen LogP contribution is -2.38. The molecule has 4 heterocycles. The van der Waals surface area contributed by atoms with Gasteiger partial charge in [-0.2, -0.15) is 5.10 Å². The summed E-state index contributed by atoms with van der Waals surface area (Å²) in [7, 11) is 0. The van der Waals surface area contributed by atoms with E-state index in [2.05, 4.69) is 10.1 Å². The maximum atomic E-state index is 12.6. The average molecular weight is 360 g/mol. The fraction of sp³-hybridized carbons (Fsp3) is 0.412. The fourth-order valence-electron chi connectivity index (χ4n) is 3.34. The van der Waals surface area contributed by atoms with Crippen LogP contribution in [0.4, 0.5) is 0 Å². The SMILES string of the molecule is O=C(c1ccnc(Cl)c1)N1CCn2nc(C(=O)N3CCCC3)cc2C1. The minimum absolute atomic E-state index is 0.0156. The second-order valence-corrected chi connectivity index (χ2v) is 6.72. The molecule has 0 bridgehead atoms. The Kier molecular flexibility index (Phi) is 4.17. The van der Waals surface area contributed by atoms with Gasteiger partial charge in [-0.05, 0) is 31.0 Å². The largest absolute Gasteiger partial charge is 0.337 e. The Hall–Kier alpha value is -2.41. The van der Waals surface area contributed by atoms with E-state index >= 15 is 0 Å². The number of aromatic nitrogens is 3. The standard InChI is InChI=1S/C17H18ClN5O2/c18-15-9-12(3-4-19-15)16(24)22-7-8-23-13(11-22)10-14(20-23)17(25)21-5-1-2-6-21/h3-4,9-10H,1-2,5-8,11H2. The highest BCUT2D eigenvalue weighted by Gasteiger charge is 2.27. The zero-order valence-electron chi connectivity index (χ0n) is 13.7. The number of rotatable bonds is 2. The molecule has 0 unspecified atom stereocenters. The molecular formula is C17H18ClN5O2. The summed E-state index contributed by atoms with van der Waals surface area (Å²) in [5.74, 6) is -0.109. The van der Waals surface area contributed by atoms with Crippen molar-refractivity contribution in [1.82, 2.24) is 24.6 Å². The molecule has 8 heteroatoms. The van der Waals surface area contributed by atoms with E-state index < -0.39 is 0 Å². The summed E-state index contributed by atoms with van der Waals surface area (Å²) >= 11 is 5.87. The van der Waals surface area contributed by atoms with Crippen molar-refractivity contribution in [2.24, 2.45) is 0 Å². The van der Waals surface area contributed by atoms with Crippen molar-refractivity contribution in [2.75, 3.05) is 19.6 Å². The Morgan fingerprint density at radius 3 is 2.56 bits per heavy atom. The summed E-state index contributed by atoms with van der Waals surface area (Å²) < 4.78 is 1.83. The highest BCUT2D eigenvalue weighted by Crippen LogP contribution is 2.19. The van der Waals surface area contributed by atoms with Crippen molar-refractivity contribution in [3.05, 3.63) is 46.5 Å². The number of hydrogen-bond donors (Lipinski definition) is 0. The summed E-state index contributed by atoms with van der Waals surface area (Å²) in [6, 6.07) is 5.03. The van der Waals surface area contributed by atoms with Crippen molar-refractivity contribution in [3.63, 3.8) is 0 Å². The van der Waals surface area contributed by atoms with Gasteiger partial charge in [0.25, 0.3) is 11.8 Å². The molecule has 2 aliphatic rings. The highest BCUT2D eigenvalue weighted by molar-refractivity contribution is 6.29. The zero-order valence-corrected chi connectivity index (χ0v) is 14.4. The van der Waals surface area contributed by atoms with Gasteiger partial charge in [-0.15, -0.1) is 0 Å². The van der Waals surface area contributed by atoms with E-state index in [-0.39, 0.29) is 11.8 Å². The third-order valence-electron chi connectivity index (χ3n) is 4.67. The molecule has 0 atom stereocenters. The number of halogens is 1. The van der Waals surface area contributed by atoms with E-state index in [9.17, 15) is 9.59 Å². The fourth-order valence-corrected chi connectivity index (χ4v) is 3.52. The first-order valence-electron chi connectivity index (χ1n) is 8.38. The molecule has 25 heavy (non-hydrogen) atoms. The predicted molar refractivity (Wildman–Crippen MR) is 91.4 cm³/mol. The van der Waals surface area contributed by atoms with Gasteiger partial charge in [0.05, 0.1) is 18.8 Å². The summed E-state index contributed by atoms with van der Waals surface area (Å²) in [4.78, 5) is 32.6. The number of hydrogen-bond acceptors (Lipinski definition) is 4. The smallest absolute Gasteiger partial charge is 0.274 e. The monoisotopic (exact) mass is 359 g/mol. The zero-order chi connectivity index (χ0) is 17.4. The van der Waals surface area contributed by atoms with Gasteiger partial charge in [0.15, 0.2) is 5.69 Å². The van der Waals surface area contributed by atoms with Gasteiger partial charge in [0.2, 0.25) is 0 Å². The molecule has 2 aromatic heterocycles. The summed E-state index contributed by atoms with van der Waals surface area (Å²) in [6.45, 7) is 3.15. The molecule has 0 aromatic carbocycles. The normalized spacial score (nSPS) is 16.8. The van der Waals surface area contributed by atoms with Crippen LogP contribution in [0.25, 0.3) is 0 Å². The van der Waals surface area contributed by atoms with E-state index in [4.69, 9.17) is 11.6 Å². The molecular weight excluding hydrogens is 342 g/mol. The number of pyridine rings is 1. The van der Waals surface area contributed by atoms with Gasteiger partial charge in [0, 0.05) is 31.4 Å². The first-order chi connectivity index (χ1) is 12.1. The Morgan fingerprint density at radius 1 is 1.00 bits per heavy atom. The maximum Gasteiger partial charge on any atom is 0.274 e. The van der Waals surface area contributed by atoms with Crippen LogP contribution in [-0.4, -0.2) is 56.0 Å². The Morgan fingerprint density at radius 2 is 1.80 bits per heavy atom. The number of carbonyl (C=O) groups is 2. The van der Waals surface area contributed by atoms with E-state index in [1.54, 1.807) is 23.1 Å². The molecule has 0 radical (unpaired) electrons. The number of fused-ring (bicyclic) bond motifs is 1. The molecule has 2 aliphatic heterocycles. The lowest BCUT2D eigenvalue weighted by Gasteiger charge is -2.27. The second kappa shape index (κ2) is 6.48. The summed E-state index contributed by atoms with van der Waals surface area (Å²) in [5.41, 5.74) is 1.86. The third-order valence-corrected chi connectivity index (χ3v) is 4.88. The van der Waals surface area contributed by atoms with Gasteiger partial charge < -0.3 is 9.80 Å². The molecule has 0 saturated carbocycles. The lowest BCUT2D eigenvalue weighted by atomic mass is 10.2. The average Bonchev–Trinajstić information content (AvgIpc) is 3.29. The minimum atomic E-state index is -0.0934. The van der Waals surface area contributed by atoms with Gasteiger partial charge >= 0.3 is 0 Å². The third kappa shape index (κ3) is 3.11. The Balaban J connectivity index is 1.51. The first-order valence-corrected chi connectivity index (χ1v) is 8.76. The van der Waals surface area contributed by atoms with Crippen molar-refractivity contribution < 1.29 is 9.59 Å². The van der Waals surface area contributed by atoms with Crippen LogP contribution in [0.1, 0.15) is 39.4 Å². The van der Waals surface area contributed by atoms with Crippen LogP contribution >= 0.6 is 11.6 Å². The van der Waals surface area contributed by atoms with Crippen LogP contribution in [0, 0.1) is 0 Å². The number of nitrogens with zero attached hydrogens (tertiary/aromatic N) is 5. The molecule has 2 aromatic rings. The molecule has 7 nitrogen and oxygen atoms in total. The summed E-state index contributed by atoms with van der Waals surface area (Å²) in [5, 5.41) is 4.73. The molecule has 0 N–H and O–H groups in total. The van der Waals surface area contributed by atoms with Crippen LogP contribution in [0.3, 0.4) is 0 Å². The van der Waals surface area contributed by atoms with Crippen LogP contribution in [0.2, 0.25) is 5.15 Å². The van der Waals surface area contributed by atoms with Crippen LogP contribution < -0.4 is 0 Å². The van der Waals surface area contributed by atoms with Crippen molar-refractivity contribution in [3.8, 4) is 0 Å². The molecule has 0 spiro atoms. The van der Waals surface area contributed by atoms with Gasteiger partial charge in [-0.25, -0.2) is 4.98 Å². The molecule has 1 saturated heterocycles. The van der Waals surface area contributed by atoms with Gasteiger partial charge in [0.1, 0.15) is 5.15 Å². The highest BCUT2D eigenvalue weighted by atomic mass is 35.5. The van der Waals surface area contributed by atoms with E-state index in [0.29, 0.717) is 36.0 Å². The number of carbonyl (C=O) groups excluding carboxylic acids is 2. The predicted octanol–water partition coefficient (Wildman–Crippen LogP) is 1.82. The number of likely N-dealkylation sites (tertiary alicyclic amines) is 1. The first kappa shape index (κ1) is 16.1. The molecule has 2 amide bonds. The van der Waals surface area contributed by atoms with Crippen LogP contribution in [-0.2, 0) is 13.1 Å². The van der Waals surface area contributed by atoms with Crippen molar-refractivity contribution in [2.45, 2.75) is 25.9 Å². The Bertz CT molecular complexity index is 828. The quantitative estimate of drug-likeness (QED) is 0.767. The minimum Gasteiger partial charge on any atom is -0.337 e. The molecule has 130 valence electrons. The van der Waals surface area contributed by atoms with Gasteiger partial charge in [-0.3, -0.25) is 14.3 Å². The summed E-state index contributed by atoms with van der Waals surface area (Å²) in [6.07, 6.45) is 3.63. The topological polar surface area (TPSA) is 71.3 Å². The molecule has 0 aliphatic carbocycles. The lowest BCUT2D eigenvalue weighted by molar-refractivity contribution is 0.0703.